The zero-order chi connectivity index (χ0) is 24.2. The molecule has 0 saturated heterocycles. The topological polar surface area (TPSA) is 3.24 Å². The van der Waals surface area contributed by atoms with Gasteiger partial charge in [-0.15, -0.1) is 0 Å². The molecular formula is C34H33N. The summed E-state index contributed by atoms with van der Waals surface area (Å²) < 4.78 is 0. The summed E-state index contributed by atoms with van der Waals surface area (Å²) in [5.41, 5.74) is 11.7. The van der Waals surface area contributed by atoms with Crippen molar-refractivity contribution in [2.75, 3.05) is 4.90 Å². The van der Waals surface area contributed by atoms with E-state index in [4.69, 9.17) is 0 Å². The highest BCUT2D eigenvalue weighted by molar-refractivity contribution is 5.91. The van der Waals surface area contributed by atoms with Crippen molar-refractivity contribution in [3.05, 3.63) is 138 Å². The third-order valence-corrected chi connectivity index (χ3v) is 7.26. The lowest BCUT2D eigenvalue weighted by atomic mass is 9.90. The average molecular weight is 456 g/mol. The molecule has 1 aliphatic rings. The van der Waals surface area contributed by atoms with Gasteiger partial charge in [0.2, 0.25) is 0 Å². The van der Waals surface area contributed by atoms with Crippen molar-refractivity contribution in [2.24, 2.45) is 5.92 Å². The quantitative estimate of drug-likeness (QED) is 0.290. The SMILES string of the molecule is C/C=C(\C1=C(C)C(C)CCc2ccccc21)N(c1ccccc1)c1cccc(-c2ccccc2)c1. The number of hydrogen-bond acceptors (Lipinski definition) is 1. The maximum atomic E-state index is 2.43. The first-order valence-corrected chi connectivity index (χ1v) is 12.6. The fraction of sp³-hybridized carbons (Fsp3) is 0.176. The third-order valence-electron chi connectivity index (χ3n) is 7.26. The Labute approximate surface area is 210 Å². The maximum absolute atomic E-state index is 2.43. The molecule has 0 bridgehead atoms. The number of rotatable bonds is 5. The second-order valence-electron chi connectivity index (χ2n) is 9.42. The highest BCUT2D eigenvalue weighted by Gasteiger charge is 2.26. The van der Waals surface area contributed by atoms with Crippen molar-refractivity contribution < 1.29 is 0 Å². The number of allylic oxidation sites excluding steroid dienone is 3. The van der Waals surface area contributed by atoms with E-state index in [2.05, 4.69) is 141 Å². The summed E-state index contributed by atoms with van der Waals surface area (Å²) in [6, 6.07) is 39.3. The first-order chi connectivity index (χ1) is 17.2. The van der Waals surface area contributed by atoms with Crippen LogP contribution in [0.1, 0.15) is 38.3 Å². The molecule has 1 atom stereocenters. The summed E-state index contributed by atoms with van der Waals surface area (Å²) in [6.45, 7) is 6.87. The van der Waals surface area contributed by atoms with Crippen molar-refractivity contribution in [3.63, 3.8) is 0 Å². The van der Waals surface area contributed by atoms with Gasteiger partial charge in [0.1, 0.15) is 0 Å². The molecule has 0 aromatic heterocycles. The van der Waals surface area contributed by atoms with Crippen molar-refractivity contribution in [3.8, 4) is 11.1 Å². The summed E-state index contributed by atoms with van der Waals surface area (Å²) in [6.07, 6.45) is 4.58. The molecule has 0 heterocycles. The van der Waals surface area contributed by atoms with E-state index >= 15 is 0 Å². The lowest BCUT2D eigenvalue weighted by molar-refractivity contribution is 0.621. The molecule has 0 amide bonds. The second-order valence-corrected chi connectivity index (χ2v) is 9.42. The largest absolute Gasteiger partial charge is 0.310 e. The Balaban J connectivity index is 1.72. The standard InChI is InChI=1S/C34H33N/c1-4-33(34-26(3)25(2)22-23-28-16-11-12-21-32(28)34)35(30-18-9-6-10-19-30)31-20-13-17-29(24-31)27-14-7-5-8-15-27/h4-21,24-25H,22-23H2,1-3H3/b33-4+. The highest BCUT2D eigenvalue weighted by Crippen LogP contribution is 2.43. The second kappa shape index (κ2) is 10.2. The van der Waals surface area contributed by atoms with Crippen molar-refractivity contribution in [1.82, 2.24) is 0 Å². The molecule has 4 aromatic rings. The van der Waals surface area contributed by atoms with Crippen LogP contribution in [0.2, 0.25) is 0 Å². The normalized spacial score (nSPS) is 16.0. The van der Waals surface area contributed by atoms with E-state index in [1.54, 1.807) is 0 Å². The van der Waals surface area contributed by atoms with Gasteiger partial charge in [-0.05, 0) is 79.1 Å². The van der Waals surface area contributed by atoms with Gasteiger partial charge in [0.15, 0.2) is 0 Å². The Hall–Kier alpha value is -3.84. The Morgan fingerprint density at radius 1 is 0.743 bits per heavy atom. The Morgan fingerprint density at radius 2 is 1.37 bits per heavy atom. The molecule has 1 unspecified atom stereocenters. The number of hydrogen-bond donors (Lipinski definition) is 0. The minimum atomic E-state index is 0.528. The van der Waals surface area contributed by atoms with Crippen molar-refractivity contribution in [2.45, 2.75) is 33.6 Å². The smallest absolute Gasteiger partial charge is 0.0497 e. The van der Waals surface area contributed by atoms with Gasteiger partial charge in [0.05, 0.1) is 0 Å². The molecule has 5 rings (SSSR count). The van der Waals surface area contributed by atoms with Gasteiger partial charge in [-0.2, -0.15) is 0 Å². The summed E-state index contributed by atoms with van der Waals surface area (Å²) in [5.74, 6) is 0.528. The van der Waals surface area contributed by atoms with Crippen LogP contribution in [0.4, 0.5) is 11.4 Å². The first kappa shape index (κ1) is 22.9. The highest BCUT2D eigenvalue weighted by atomic mass is 15.1. The van der Waals surface area contributed by atoms with Crippen LogP contribution in [0, 0.1) is 5.92 Å². The average Bonchev–Trinajstić information content (AvgIpc) is 3.04. The molecule has 0 saturated carbocycles. The molecule has 4 aromatic carbocycles. The fourth-order valence-corrected chi connectivity index (χ4v) is 5.21. The molecule has 0 spiro atoms. The van der Waals surface area contributed by atoms with Crippen molar-refractivity contribution in [1.29, 1.82) is 0 Å². The van der Waals surface area contributed by atoms with Crippen LogP contribution in [-0.4, -0.2) is 0 Å². The van der Waals surface area contributed by atoms with Gasteiger partial charge in [0, 0.05) is 22.6 Å². The molecular weight excluding hydrogens is 422 g/mol. The molecule has 1 heteroatoms. The molecule has 174 valence electrons. The molecule has 0 N–H and O–H groups in total. The number of benzene rings is 4. The van der Waals surface area contributed by atoms with Crippen LogP contribution in [0.15, 0.2) is 127 Å². The molecule has 0 radical (unpaired) electrons. The number of aryl methyl sites for hydroxylation is 1. The summed E-state index contributed by atoms with van der Waals surface area (Å²) >= 11 is 0. The molecule has 1 nitrogen and oxygen atoms in total. The summed E-state index contributed by atoms with van der Waals surface area (Å²) in [7, 11) is 0. The zero-order valence-electron chi connectivity index (χ0n) is 20.9. The Bertz CT molecular complexity index is 1360. The summed E-state index contributed by atoms with van der Waals surface area (Å²) in [4.78, 5) is 2.43. The summed E-state index contributed by atoms with van der Waals surface area (Å²) in [5, 5.41) is 0. The van der Waals surface area contributed by atoms with Crippen LogP contribution in [0.5, 0.6) is 0 Å². The van der Waals surface area contributed by atoms with E-state index in [0.29, 0.717) is 5.92 Å². The fourth-order valence-electron chi connectivity index (χ4n) is 5.21. The van der Waals surface area contributed by atoms with Crippen LogP contribution < -0.4 is 4.90 Å². The van der Waals surface area contributed by atoms with Gasteiger partial charge < -0.3 is 4.90 Å². The third kappa shape index (κ3) is 4.59. The van der Waals surface area contributed by atoms with E-state index in [-0.39, 0.29) is 0 Å². The Kier molecular flexibility index (Phi) is 6.68. The van der Waals surface area contributed by atoms with Gasteiger partial charge in [-0.25, -0.2) is 0 Å². The monoisotopic (exact) mass is 455 g/mol. The van der Waals surface area contributed by atoms with Crippen LogP contribution >= 0.6 is 0 Å². The lowest BCUT2D eigenvalue weighted by Gasteiger charge is -2.31. The predicted octanol–water partition coefficient (Wildman–Crippen LogP) is 9.45. The maximum Gasteiger partial charge on any atom is 0.0497 e. The first-order valence-electron chi connectivity index (χ1n) is 12.6. The van der Waals surface area contributed by atoms with E-state index in [0.717, 1.165) is 6.42 Å². The number of fused-ring (bicyclic) bond motifs is 1. The van der Waals surface area contributed by atoms with Gasteiger partial charge in [-0.1, -0.05) is 104 Å². The molecule has 0 fully saturated rings. The van der Waals surface area contributed by atoms with Gasteiger partial charge >= 0.3 is 0 Å². The van der Waals surface area contributed by atoms with E-state index < -0.39 is 0 Å². The number of nitrogens with zero attached hydrogens (tertiary/aromatic N) is 1. The minimum Gasteiger partial charge on any atom is -0.310 e. The molecule has 35 heavy (non-hydrogen) atoms. The number of para-hydroxylation sites is 1. The molecule has 1 aliphatic carbocycles. The van der Waals surface area contributed by atoms with E-state index in [1.807, 2.05) is 0 Å². The predicted molar refractivity (Wildman–Crippen MR) is 151 cm³/mol. The Morgan fingerprint density at radius 3 is 2.11 bits per heavy atom. The minimum absolute atomic E-state index is 0.528. The van der Waals surface area contributed by atoms with Crippen LogP contribution in [0.25, 0.3) is 16.7 Å². The van der Waals surface area contributed by atoms with E-state index in [1.165, 1.54) is 56.9 Å². The zero-order valence-corrected chi connectivity index (χ0v) is 20.9. The lowest BCUT2D eigenvalue weighted by Crippen LogP contribution is -2.19. The van der Waals surface area contributed by atoms with Crippen molar-refractivity contribution >= 4 is 16.9 Å². The van der Waals surface area contributed by atoms with E-state index in [9.17, 15) is 0 Å². The number of anilines is 2. The van der Waals surface area contributed by atoms with Crippen LogP contribution in [0.3, 0.4) is 0 Å². The van der Waals surface area contributed by atoms with Gasteiger partial charge in [0.25, 0.3) is 0 Å². The van der Waals surface area contributed by atoms with Gasteiger partial charge in [-0.3, -0.25) is 0 Å². The van der Waals surface area contributed by atoms with Crippen LogP contribution in [-0.2, 0) is 6.42 Å². The molecule has 0 aliphatic heterocycles.